The van der Waals surface area contributed by atoms with Gasteiger partial charge in [0.05, 0.1) is 25.3 Å². The molecule has 2 amide bonds. The lowest BCUT2D eigenvalue weighted by molar-refractivity contribution is -0.143. The molecule has 0 aliphatic carbocycles. The van der Waals surface area contributed by atoms with E-state index < -0.39 is 35.9 Å². The van der Waals surface area contributed by atoms with Crippen LogP contribution in [0.3, 0.4) is 0 Å². The number of nitrogens with one attached hydrogen (secondary N) is 1. The van der Waals surface area contributed by atoms with Crippen molar-refractivity contribution < 1.29 is 33.3 Å². The highest BCUT2D eigenvalue weighted by Crippen LogP contribution is 2.23. The molecule has 0 spiro atoms. The monoisotopic (exact) mass is 495 g/mol. The van der Waals surface area contributed by atoms with E-state index in [0.29, 0.717) is 23.5 Å². The molecule has 2 aromatic carbocycles. The normalized spacial score (nSPS) is 15.9. The number of anilines is 1. The second-order valence-corrected chi connectivity index (χ2v) is 9.16. The third-order valence-electron chi connectivity index (χ3n) is 5.16. The molecule has 2 aromatic rings. The summed E-state index contributed by atoms with van der Waals surface area (Å²) in [5.41, 5.74) is 1.23. The Kier molecular flexibility index (Phi) is 8.38. The first kappa shape index (κ1) is 26.3. The summed E-state index contributed by atoms with van der Waals surface area (Å²) in [7, 11) is 1.25. The molecule has 36 heavy (non-hydrogen) atoms. The molecule has 0 aromatic heterocycles. The summed E-state index contributed by atoms with van der Waals surface area (Å²) in [6.45, 7) is 5.67. The molecule has 1 heterocycles. The van der Waals surface area contributed by atoms with Gasteiger partial charge in [0.25, 0.3) is 0 Å². The number of carbonyl (C=O) groups is 3. The maximum atomic E-state index is 12.2. The Hall–Kier alpha value is -4.26. The van der Waals surface area contributed by atoms with Crippen LogP contribution < -0.4 is 15.0 Å². The fourth-order valence-electron chi connectivity index (χ4n) is 3.47. The third kappa shape index (κ3) is 7.37. The van der Waals surface area contributed by atoms with Gasteiger partial charge >= 0.3 is 18.2 Å². The van der Waals surface area contributed by atoms with Crippen molar-refractivity contribution in [3.63, 3.8) is 0 Å². The van der Waals surface area contributed by atoms with Gasteiger partial charge in [-0.2, -0.15) is 5.26 Å². The van der Waals surface area contributed by atoms with Crippen molar-refractivity contribution in [2.24, 2.45) is 0 Å². The predicted molar refractivity (Wildman–Crippen MR) is 130 cm³/mol. The number of nitriles is 1. The topological polar surface area (TPSA) is 127 Å². The largest absolute Gasteiger partial charge is 0.490 e. The number of esters is 1. The van der Waals surface area contributed by atoms with Crippen LogP contribution in [0, 0.1) is 11.3 Å². The lowest BCUT2D eigenvalue weighted by Crippen LogP contribution is -2.45. The van der Waals surface area contributed by atoms with Gasteiger partial charge in [-0.05, 0) is 62.7 Å². The molecule has 3 rings (SSSR count). The lowest BCUT2D eigenvalue weighted by Gasteiger charge is -2.22. The average molecular weight is 496 g/mol. The predicted octanol–water partition coefficient (Wildman–Crippen LogP) is 3.57. The van der Waals surface area contributed by atoms with Gasteiger partial charge in [0.15, 0.2) is 6.10 Å². The molecule has 0 saturated carbocycles. The van der Waals surface area contributed by atoms with Gasteiger partial charge in [-0.3, -0.25) is 4.90 Å². The number of methoxy groups -OCH3 is 1. The molecular weight excluding hydrogens is 466 g/mol. The minimum Gasteiger partial charge on any atom is -0.490 e. The first-order chi connectivity index (χ1) is 17.1. The highest BCUT2D eigenvalue weighted by Gasteiger charge is 2.33. The Balaban J connectivity index is 1.53. The van der Waals surface area contributed by atoms with Crippen LogP contribution in [0.25, 0.3) is 0 Å². The van der Waals surface area contributed by atoms with Crippen LogP contribution in [0.2, 0.25) is 0 Å². The quantitative estimate of drug-likeness (QED) is 0.435. The molecule has 1 fully saturated rings. The number of amides is 2. The SMILES string of the molecule is COC(=O)C(Cc1ccc(OCC2CN(c3ccc(C#N)cc3)C(=O)O2)cc1)NC(=O)OC(C)(C)C. The van der Waals surface area contributed by atoms with E-state index in [9.17, 15) is 14.4 Å². The number of cyclic esters (lactones) is 1. The van der Waals surface area contributed by atoms with Crippen molar-refractivity contribution in [2.75, 3.05) is 25.2 Å². The van der Waals surface area contributed by atoms with E-state index in [0.717, 1.165) is 5.56 Å². The van der Waals surface area contributed by atoms with Crippen molar-refractivity contribution in [3.05, 3.63) is 59.7 Å². The third-order valence-corrected chi connectivity index (χ3v) is 5.16. The summed E-state index contributed by atoms with van der Waals surface area (Å²) in [6.07, 6.45) is -1.45. The van der Waals surface area contributed by atoms with Gasteiger partial charge in [-0.1, -0.05) is 12.1 Å². The van der Waals surface area contributed by atoms with Gasteiger partial charge in [-0.15, -0.1) is 0 Å². The van der Waals surface area contributed by atoms with Crippen LogP contribution in [-0.2, 0) is 25.4 Å². The first-order valence-electron chi connectivity index (χ1n) is 11.4. The first-order valence-corrected chi connectivity index (χ1v) is 11.4. The summed E-state index contributed by atoms with van der Waals surface area (Å²) in [6, 6.07) is 14.8. The molecule has 1 aliphatic rings. The van der Waals surface area contributed by atoms with E-state index in [2.05, 4.69) is 5.32 Å². The second kappa shape index (κ2) is 11.4. The molecule has 2 unspecified atom stereocenters. The fraction of sp³-hybridized carbons (Fsp3) is 0.385. The lowest BCUT2D eigenvalue weighted by atomic mass is 10.1. The van der Waals surface area contributed by atoms with Crippen LogP contribution >= 0.6 is 0 Å². The maximum Gasteiger partial charge on any atom is 0.414 e. The van der Waals surface area contributed by atoms with Crippen LogP contribution in [0.5, 0.6) is 5.75 Å². The minimum absolute atomic E-state index is 0.156. The number of carbonyl (C=O) groups excluding carboxylic acids is 3. The van der Waals surface area contributed by atoms with E-state index in [1.165, 1.54) is 12.0 Å². The number of rotatable bonds is 8. The standard InChI is InChI=1S/C26H29N3O7/c1-26(2,3)36-24(31)28-22(23(30)33-4)13-17-7-11-20(12-8-17)34-16-21-15-29(25(32)35-21)19-9-5-18(14-27)6-10-19/h5-12,21-22H,13,15-16H2,1-4H3,(H,28,31). The summed E-state index contributed by atoms with van der Waals surface area (Å²) in [5, 5.41) is 11.5. The molecule has 2 atom stereocenters. The molecule has 0 bridgehead atoms. The van der Waals surface area contributed by atoms with Crippen LogP contribution in [0.4, 0.5) is 15.3 Å². The summed E-state index contributed by atoms with van der Waals surface area (Å²) in [4.78, 5) is 38.0. The molecule has 1 saturated heterocycles. The molecule has 1 aliphatic heterocycles. The van der Waals surface area contributed by atoms with Crippen LogP contribution in [-0.4, -0.2) is 56.2 Å². The summed E-state index contributed by atoms with van der Waals surface area (Å²) >= 11 is 0. The Bertz CT molecular complexity index is 1120. The molecule has 1 N–H and O–H groups in total. The molecular formula is C26H29N3O7. The van der Waals surface area contributed by atoms with E-state index in [-0.39, 0.29) is 13.0 Å². The van der Waals surface area contributed by atoms with Crippen molar-refractivity contribution in [3.8, 4) is 11.8 Å². The highest BCUT2D eigenvalue weighted by atomic mass is 16.6. The number of benzene rings is 2. The zero-order valence-electron chi connectivity index (χ0n) is 20.6. The number of hydrogen-bond acceptors (Lipinski definition) is 8. The number of nitrogens with zero attached hydrogens (tertiary/aromatic N) is 2. The highest BCUT2D eigenvalue weighted by molar-refractivity contribution is 5.89. The Morgan fingerprint density at radius 1 is 1.17 bits per heavy atom. The zero-order valence-corrected chi connectivity index (χ0v) is 20.6. The zero-order chi connectivity index (χ0) is 26.3. The van der Waals surface area contributed by atoms with Crippen molar-refractivity contribution in [2.45, 2.75) is 44.9 Å². The van der Waals surface area contributed by atoms with Crippen molar-refractivity contribution in [1.82, 2.24) is 5.32 Å². The van der Waals surface area contributed by atoms with E-state index in [1.54, 1.807) is 69.3 Å². The minimum atomic E-state index is -0.914. The van der Waals surface area contributed by atoms with Gasteiger partial charge < -0.3 is 24.3 Å². The van der Waals surface area contributed by atoms with Gasteiger partial charge in [-0.25, -0.2) is 14.4 Å². The van der Waals surface area contributed by atoms with E-state index in [4.69, 9.17) is 24.2 Å². The maximum absolute atomic E-state index is 12.2. The number of ether oxygens (including phenoxy) is 4. The molecule has 10 heteroatoms. The number of hydrogen-bond donors (Lipinski definition) is 1. The second-order valence-electron chi connectivity index (χ2n) is 9.16. The van der Waals surface area contributed by atoms with E-state index in [1.807, 2.05) is 6.07 Å². The summed E-state index contributed by atoms with van der Waals surface area (Å²) < 4.78 is 21.2. The van der Waals surface area contributed by atoms with E-state index >= 15 is 0 Å². The Morgan fingerprint density at radius 3 is 2.42 bits per heavy atom. The molecule has 190 valence electrons. The number of alkyl carbamates (subject to hydrolysis) is 1. The van der Waals surface area contributed by atoms with Crippen molar-refractivity contribution in [1.29, 1.82) is 5.26 Å². The molecule has 0 radical (unpaired) electrons. The Labute approximate surface area is 209 Å². The summed E-state index contributed by atoms with van der Waals surface area (Å²) in [5.74, 6) is -0.0302. The molecule has 10 nitrogen and oxygen atoms in total. The van der Waals surface area contributed by atoms with Gasteiger partial charge in [0, 0.05) is 12.1 Å². The Morgan fingerprint density at radius 2 is 1.83 bits per heavy atom. The van der Waals surface area contributed by atoms with Crippen LogP contribution in [0.15, 0.2) is 48.5 Å². The van der Waals surface area contributed by atoms with Crippen molar-refractivity contribution >= 4 is 23.8 Å². The average Bonchev–Trinajstić information content (AvgIpc) is 3.22. The smallest absolute Gasteiger partial charge is 0.414 e. The van der Waals surface area contributed by atoms with Crippen LogP contribution in [0.1, 0.15) is 31.9 Å². The van der Waals surface area contributed by atoms with Gasteiger partial charge in [0.2, 0.25) is 0 Å². The van der Waals surface area contributed by atoms with Gasteiger partial charge in [0.1, 0.15) is 24.0 Å². The fourth-order valence-corrected chi connectivity index (χ4v) is 3.47.